The van der Waals surface area contributed by atoms with Crippen molar-refractivity contribution in [1.82, 2.24) is 9.62 Å². The highest BCUT2D eigenvalue weighted by molar-refractivity contribution is 7.89. The summed E-state index contributed by atoms with van der Waals surface area (Å²) in [5.41, 5.74) is 1.51. The van der Waals surface area contributed by atoms with Crippen LogP contribution in [-0.4, -0.2) is 55.4 Å². The van der Waals surface area contributed by atoms with Gasteiger partial charge in [-0.25, -0.2) is 8.42 Å². The number of hydrogen-bond acceptors (Lipinski definition) is 5. The van der Waals surface area contributed by atoms with Crippen molar-refractivity contribution in [2.45, 2.75) is 56.5 Å². The van der Waals surface area contributed by atoms with Gasteiger partial charge in [-0.05, 0) is 60.6 Å². The first-order chi connectivity index (χ1) is 16.1. The van der Waals surface area contributed by atoms with Gasteiger partial charge in [0, 0.05) is 19.0 Å². The number of amides is 1. The topological polar surface area (TPSA) is 113 Å². The molecule has 9 heteroatoms. The second-order valence-electron chi connectivity index (χ2n) is 8.95. The molecular formula is C25H32N2O6S. The number of carbonyl (C=O) groups is 2. The lowest BCUT2D eigenvalue weighted by molar-refractivity contribution is -0.143. The normalized spacial score (nSPS) is 19.1. The maximum Gasteiger partial charge on any atom is 0.322 e. The Kier molecular flexibility index (Phi) is 8.33. The van der Waals surface area contributed by atoms with Gasteiger partial charge < -0.3 is 15.2 Å². The van der Waals surface area contributed by atoms with E-state index in [2.05, 4.69) is 5.32 Å². The van der Waals surface area contributed by atoms with Crippen LogP contribution in [0.3, 0.4) is 0 Å². The molecule has 3 rings (SSSR count). The SMILES string of the molecule is COc1ccc(-c2cccc(S(=O)(=O)N3CC[C@@H](NC(=O)CCC(C)C)C[C@@H]3C(=O)O)c2)cc1. The van der Waals surface area contributed by atoms with Crippen LogP contribution in [0.4, 0.5) is 0 Å². The van der Waals surface area contributed by atoms with Crippen LogP contribution < -0.4 is 10.1 Å². The lowest BCUT2D eigenvalue weighted by Crippen LogP contribution is -2.54. The Morgan fingerprint density at radius 2 is 1.85 bits per heavy atom. The van der Waals surface area contributed by atoms with E-state index in [1.54, 1.807) is 37.4 Å². The maximum atomic E-state index is 13.4. The fourth-order valence-electron chi connectivity index (χ4n) is 4.06. The van der Waals surface area contributed by atoms with Gasteiger partial charge in [0.1, 0.15) is 11.8 Å². The molecule has 1 amide bonds. The Morgan fingerprint density at radius 3 is 2.47 bits per heavy atom. The number of piperidine rings is 1. The number of carboxylic acid groups (broad SMARTS) is 1. The summed E-state index contributed by atoms with van der Waals surface area (Å²) in [7, 11) is -2.49. The number of carbonyl (C=O) groups excluding carboxylic acids is 1. The van der Waals surface area contributed by atoms with Crippen molar-refractivity contribution in [2.24, 2.45) is 5.92 Å². The lowest BCUT2D eigenvalue weighted by Gasteiger charge is -2.36. The molecule has 8 nitrogen and oxygen atoms in total. The van der Waals surface area contributed by atoms with E-state index >= 15 is 0 Å². The number of sulfonamides is 1. The van der Waals surface area contributed by atoms with E-state index in [0.717, 1.165) is 16.3 Å². The molecule has 0 spiro atoms. The van der Waals surface area contributed by atoms with Gasteiger partial charge in [0.15, 0.2) is 0 Å². The van der Waals surface area contributed by atoms with E-state index in [4.69, 9.17) is 4.74 Å². The van der Waals surface area contributed by atoms with Gasteiger partial charge in [0.2, 0.25) is 15.9 Å². The summed E-state index contributed by atoms with van der Waals surface area (Å²) in [6.45, 7) is 4.07. The van der Waals surface area contributed by atoms with Crippen molar-refractivity contribution in [3.05, 3.63) is 48.5 Å². The third-order valence-corrected chi connectivity index (χ3v) is 7.92. The Bertz CT molecular complexity index is 1110. The first kappa shape index (κ1) is 25.7. The molecule has 2 aromatic rings. The van der Waals surface area contributed by atoms with E-state index in [0.29, 0.717) is 30.1 Å². The minimum Gasteiger partial charge on any atom is -0.497 e. The van der Waals surface area contributed by atoms with Crippen molar-refractivity contribution >= 4 is 21.9 Å². The molecule has 1 aliphatic rings. The van der Waals surface area contributed by atoms with Crippen molar-refractivity contribution in [1.29, 1.82) is 0 Å². The largest absolute Gasteiger partial charge is 0.497 e. The molecule has 0 aromatic heterocycles. The van der Waals surface area contributed by atoms with Crippen LogP contribution in [0.2, 0.25) is 0 Å². The van der Waals surface area contributed by atoms with Gasteiger partial charge in [-0.2, -0.15) is 4.31 Å². The molecule has 2 atom stereocenters. The molecule has 184 valence electrons. The summed E-state index contributed by atoms with van der Waals surface area (Å²) < 4.78 is 33.1. The zero-order chi connectivity index (χ0) is 24.9. The van der Waals surface area contributed by atoms with Crippen LogP contribution in [0.15, 0.2) is 53.4 Å². The van der Waals surface area contributed by atoms with Crippen LogP contribution in [0.25, 0.3) is 11.1 Å². The summed E-state index contributed by atoms with van der Waals surface area (Å²) in [4.78, 5) is 24.2. The molecule has 0 aliphatic carbocycles. The summed E-state index contributed by atoms with van der Waals surface area (Å²) in [5.74, 6) is -0.281. The number of hydrogen-bond donors (Lipinski definition) is 2. The molecule has 0 saturated carbocycles. The monoisotopic (exact) mass is 488 g/mol. The molecule has 0 radical (unpaired) electrons. The summed E-state index contributed by atoms with van der Waals surface area (Å²) >= 11 is 0. The molecule has 1 fully saturated rings. The maximum absolute atomic E-state index is 13.4. The van der Waals surface area contributed by atoms with E-state index in [9.17, 15) is 23.1 Å². The fraction of sp³-hybridized carbons (Fsp3) is 0.440. The Morgan fingerprint density at radius 1 is 1.15 bits per heavy atom. The number of aliphatic carboxylic acids is 1. The van der Waals surface area contributed by atoms with Gasteiger partial charge >= 0.3 is 5.97 Å². The van der Waals surface area contributed by atoms with E-state index in [-0.39, 0.29) is 29.8 Å². The first-order valence-electron chi connectivity index (χ1n) is 11.4. The Balaban J connectivity index is 1.78. The number of benzene rings is 2. The number of nitrogens with one attached hydrogen (secondary N) is 1. The molecule has 34 heavy (non-hydrogen) atoms. The summed E-state index contributed by atoms with van der Waals surface area (Å²) in [5, 5.41) is 12.7. The third kappa shape index (κ3) is 6.15. The van der Waals surface area contributed by atoms with Gasteiger partial charge in [0.25, 0.3) is 0 Å². The van der Waals surface area contributed by atoms with Crippen LogP contribution >= 0.6 is 0 Å². The van der Waals surface area contributed by atoms with Crippen LogP contribution in [0.5, 0.6) is 5.75 Å². The van der Waals surface area contributed by atoms with Gasteiger partial charge in [0.05, 0.1) is 12.0 Å². The molecule has 1 saturated heterocycles. The molecule has 2 aromatic carbocycles. The van der Waals surface area contributed by atoms with Crippen molar-refractivity contribution in [3.63, 3.8) is 0 Å². The summed E-state index contributed by atoms with van der Waals surface area (Å²) in [6, 6.07) is 12.1. The zero-order valence-corrected chi connectivity index (χ0v) is 20.5. The fourth-order valence-corrected chi connectivity index (χ4v) is 5.72. The first-order valence-corrected chi connectivity index (χ1v) is 12.8. The second kappa shape index (κ2) is 11.0. The number of rotatable bonds is 9. The minimum atomic E-state index is -4.06. The van der Waals surface area contributed by atoms with Crippen molar-refractivity contribution in [3.8, 4) is 16.9 Å². The zero-order valence-electron chi connectivity index (χ0n) is 19.7. The standard InChI is InChI=1S/C25H32N2O6S/c1-17(2)7-12-24(28)26-20-13-14-27(23(16-20)25(29)30)34(31,32)22-6-4-5-19(15-22)18-8-10-21(33-3)11-9-18/h4-6,8-11,15,17,20,23H,7,12-14,16H2,1-3H3,(H,26,28)(H,29,30)/t20-,23-/m1/s1. The molecule has 1 heterocycles. The highest BCUT2D eigenvalue weighted by Gasteiger charge is 2.41. The van der Waals surface area contributed by atoms with Gasteiger partial charge in [-0.1, -0.05) is 38.1 Å². The molecule has 2 N–H and O–H groups in total. The van der Waals surface area contributed by atoms with Crippen molar-refractivity contribution in [2.75, 3.05) is 13.7 Å². The molecular weight excluding hydrogens is 456 g/mol. The number of methoxy groups -OCH3 is 1. The Hall–Kier alpha value is -2.91. The highest BCUT2D eigenvalue weighted by Crippen LogP contribution is 2.29. The van der Waals surface area contributed by atoms with Crippen molar-refractivity contribution < 1.29 is 27.9 Å². The Labute approximate surface area is 201 Å². The van der Waals surface area contributed by atoms with Gasteiger partial charge in [-0.15, -0.1) is 0 Å². The third-order valence-electron chi connectivity index (χ3n) is 6.02. The van der Waals surface area contributed by atoms with E-state index in [1.165, 1.54) is 6.07 Å². The lowest BCUT2D eigenvalue weighted by atomic mass is 9.99. The van der Waals surface area contributed by atoms with E-state index in [1.807, 2.05) is 26.0 Å². The summed E-state index contributed by atoms with van der Waals surface area (Å²) in [6.07, 6.45) is 1.49. The second-order valence-corrected chi connectivity index (χ2v) is 10.8. The predicted molar refractivity (Wildman–Crippen MR) is 129 cm³/mol. The quantitative estimate of drug-likeness (QED) is 0.558. The average Bonchev–Trinajstić information content (AvgIpc) is 2.82. The molecule has 1 aliphatic heterocycles. The number of ether oxygens (including phenoxy) is 1. The van der Waals surface area contributed by atoms with Gasteiger partial charge in [-0.3, -0.25) is 9.59 Å². The van der Waals surface area contributed by atoms with Crippen LogP contribution in [-0.2, 0) is 19.6 Å². The van der Waals surface area contributed by atoms with Crippen LogP contribution in [0, 0.1) is 5.92 Å². The number of carboxylic acids is 1. The minimum absolute atomic E-state index is 0.0151. The highest BCUT2D eigenvalue weighted by atomic mass is 32.2. The average molecular weight is 489 g/mol. The molecule has 0 bridgehead atoms. The predicted octanol–water partition coefficient (Wildman–Crippen LogP) is 3.52. The number of nitrogens with zero attached hydrogens (tertiary/aromatic N) is 1. The van der Waals surface area contributed by atoms with E-state index < -0.39 is 22.0 Å². The smallest absolute Gasteiger partial charge is 0.322 e. The van der Waals surface area contributed by atoms with Crippen LogP contribution in [0.1, 0.15) is 39.5 Å². The molecule has 0 unspecified atom stereocenters.